The Labute approximate surface area is 231 Å². The lowest BCUT2D eigenvalue weighted by atomic mass is 9.90. The van der Waals surface area contributed by atoms with Crippen molar-refractivity contribution < 1.29 is 36.0 Å². The average molecular weight is 580 g/mol. The lowest BCUT2D eigenvalue weighted by molar-refractivity contribution is -0.229. The third kappa shape index (κ3) is 6.30. The molecule has 1 saturated heterocycles. The first-order valence-electron chi connectivity index (χ1n) is 12.6. The van der Waals surface area contributed by atoms with Gasteiger partial charge in [-0.15, -0.1) is 0 Å². The van der Waals surface area contributed by atoms with Crippen LogP contribution in [-0.4, -0.2) is 43.1 Å². The largest absolute Gasteiger partial charge is 0.483 e. The van der Waals surface area contributed by atoms with Crippen molar-refractivity contribution in [2.75, 3.05) is 13.2 Å². The number of alkyl halides is 2. The Hall–Kier alpha value is -2.50. The predicted octanol–water partition coefficient (Wildman–Crippen LogP) is 6.46. The van der Waals surface area contributed by atoms with Crippen LogP contribution >= 0.6 is 0 Å². The highest BCUT2D eigenvalue weighted by atomic mass is 32.2. The third-order valence-electron chi connectivity index (χ3n) is 6.75. The number of halogens is 2. The first-order valence-corrected chi connectivity index (χ1v) is 15.2. The molecule has 39 heavy (non-hydrogen) atoms. The summed E-state index contributed by atoms with van der Waals surface area (Å²) >= 11 is 0. The molecule has 3 unspecified atom stereocenters. The van der Waals surface area contributed by atoms with Crippen LogP contribution < -0.4 is 4.74 Å². The standard InChI is InChI=1S/C29H32F2O6S2/c1-5-28(20-35-27(3,4)19-36-28)22-11-15-25(16-12-22)38(24-9-7-6-8-10-24)26-17-13-23(14-18-26)37-21(2)29(30,31)39(32,33)34/h6-18,21H,5,19-20H2,1-4H3/p+1. The Morgan fingerprint density at radius 1 is 0.923 bits per heavy atom. The summed E-state index contributed by atoms with van der Waals surface area (Å²) in [5, 5.41) is -4.44. The van der Waals surface area contributed by atoms with Crippen LogP contribution in [0.15, 0.2) is 93.5 Å². The summed E-state index contributed by atoms with van der Waals surface area (Å²) in [5.74, 6) is 0.0591. The van der Waals surface area contributed by atoms with Crippen LogP contribution in [0.2, 0.25) is 0 Å². The minimum Gasteiger partial charge on any atom is -0.483 e. The monoisotopic (exact) mass is 579 g/mol. The molecule has 1 fully saturated rings. The molecule has 210 valence electrons. The maximum atomic E-state index is 13.9. The summed E-state index contributed by atoms with van der Waals surface area (Å²) in [6.07, 6.45) is -1.32. The SMILES string of the molecule is CCC1(c2ccc([S+](c3ccccc3)c3ccc(OC(C)C(F)(F)S(=O)(=O)O)cc3)cc2)COC(C)(C)CO1. The van der Waals surface area contributed by atoms with E-state index in [1.165, 1.54) is 12.1 Å². The average Bonchev–Trinajstić information content (AvgIpc) is 2.91. The van der Waals surface area contributed by atoms with E-state index in [0.717, 1.165) is 33.6 Å². The summed E-state index contributed by atoms with van der Waals surface area (Å²) in [5.41, 5.74) is 0.200. The van der Waals surface area contributed by atoms with Crippen molar-refractivity contribution >= 4 is 21.0 Å². The Balaban J connectivity index is 1.62. The summed E-state index contributed by atoms with van der Waals surface area (Å²) in [4.78, 5) is 3.03. The molecule has 0 amide bonds. The van der Waals surface area contributed by atoms with Crippen molar-refractivity contribution in [1.29, 1.82) is 0 Å². The Kier molecular flexibility index (Phi) is 8.45. The van der Waals surface area contributed by atoms with Crippen LogP contribution in [-0.2, 0) is 36.1 Å². The lowest BCUT2D eigenvalue weighted by Gasteiger charge is -2.43. The number of benzene rings is 3. The molecule has 0 radical (unpaired) electrons. The Morgan fingerprint density at radius 2 is 1.46 bits per heavy atom. The minimum atomic E-state index is -5.61. The zero-order valence-corrected chi connectivity index (χ0v) is 23.9. The van der Waals surface area contributed by atoms with Gasteiger partial charge in [0.25, 0.3) is 0 Å². The van der Waals surface area contributed by atoms with Gasteiger partial charge in [0.15, 0.2) is 20.8 Å². The van der Waals surface area contributed by atoms with E-state index in [1.807, 2.05) is 44.2 Å². The summed E-state index contributed by atoms with van der Waals surface area (Å²) < 4.78 is 76.4. The van der Waals surface area contributed by atoms with Gasteiger partial charge in [-0.1, -0.05) is 37.3 Å². The van der Waals surface area contributed by atoms with E-state index in [-0.39, 0.29) is 11.4 Å². The van der Waals surface area contributed by atoms with E-state index in [0.29, 0.717) is 13.2 Å². The second-order valence-corrected chi connectivity index (χ2v) is 13.6. The molecule has 4 rings (SSSR count). The van der Waals surface area contributed by atoms with E-state index in [4.69, 9.17) is 18.8 Å². The lowest BCUT2D eigenvalue weighted by Crippen LogP contribution is -2.48. The highest BCUT2D eigenvalue weighted by Gasteiger charge is 2.51. The van der Waals surface area contributed by atoms with E-state index < -0.39 is 38.0 Å². The molecule has 3 aromatic rings. The molecular formula is C29H33F2O6S2+. The van der Waals surface area contributed by atoms with Gasteiger partial charge in [-0.05, 0) is 81.3 Å². The van der Waals surface area contributed by atoms with Gasteiger partial charge in [-0.2, -0.15) is 17.2 Å². The van der Waals surface area contributed by atoms with Crippen LogP contribution in [0.1, 0.15) is 39.7 Å². The maximum Gasteiger partial charge on any atom is 0.405 e. The molecule has 3 atom stereocenters. The Morgan fingerprint density at radius 3 is 1.95 bits per heavy atom. The third-order valence-corrected chi connectivity index (χ3v) is 10.00. The number of rotatable bonds is 9. The van der Waals surface area contributed by atoms with Gasteiger partial charge < -0.3 is 14.2 Å². The van der Waals surface area contributed by atoms with Crippen molar-refractivity contribution in [3.63, 3.8) is 0 Å². The number of ether oxygens (including phenoxy) is 3. The number of hydrogen-bond acceptors (Lipinski definition) is 5. The molecule has 1 aliphatic heterocycles. The molecule has 0 spiro atoms. The van der Waals surface area contributed by atoms with Crippen molar-refractivity contribution in [3.8, 4) is 5.75 Å². The van der Waals surface area contributed by atoms with E-state index >= 15 is 0 Å². The van der Waals surface area contributed by atoms with Crippen LogP contribution in [0.25, 0.3) is 0 Å². The summed E-state index contributed by atoms with van der Waals surface area (Å²) in [6, 6.07) is 24.8. The van der Waals surface area contributed by atoms with Gasteiger partial charge in [0.1, 0.15) is 11.4 Å². The van der Waals surface area contributed by atoms with Crippen molar-refractivity contribution in [1.82, 2.24) is 0 Å². The molecule has 6 nitrogen and oxygen atoms in total. The molecule has 1 heterocycles. The van der Waals surface area contributed by atoms with E-state index in [1.54, 1.807) is 12.1 Å². The molecule has 0 bridgehead atoms. The van der Waals surface area contributed by atoms with E-state index in [2.05, 4.69) is 31.2 Å². The molecular weight excluding hydrogens is 546 g/mol. The molecule has 0 saturated carbocycles. The first-order chi connectivity index (χ1) is 18.3. The van der Waals surface area contributed by atoms with Gasteiger partial charge in [0, 0.05) is 0 Å². The van der Waals surface area contributed by atoms with Gasteiger partial charge in [-0.3, -0.25) is 4.55 Å². The normalized spacial score (nSPS) is 21.2. The Bertz CT molecular complexity index is 1350. The fourth-order valence-corrected chi connectivity index (χ4v) is 6.81. The van der Waals surface area contributed by atoms with Gasteiger partial charge in [0.05, 0.1) is 29.7 Å². The minimum absolute atomic E-state index is 0.0591. The molecule has 3 aromatic carbocycles. The van der Waals surface area contributed by atoms with Crippen molar-refractivity contribution in [2.24, 2.45) is 0 Å². The van der Waals surface area contributed by atoms with Gasteiger partial charge in [-0.25, -0.2) is 0 Å². The topological polar surface area (TPSA) is 82.1 Å². The molecule has 10 heteroatoms. The smallest absolute Gasteiger partial charge is 0.405 e. The van der Waals surface area contributed by atoms with Crippen LogP contribution in [0.5, 0.6) is 5.75 Å². The fourth-order valence-electron chi connectivity index (χ4n) is 4.28. The summed E-state index contributed by atoms with van der Waals surface area (Å²) in [7, 11) is -6.13. The van der Waals surface area contributed by atoms with Gasteiger partial charge >= 0.3 is 15.4 Å². The highest BCUT2D eigenvalue weighted by molar-refractivity contribution is 7.97. The highest BCUT2D eigenvalue weighted by Crippen LogP contribution is 2.39. The quantitative estimate of drug-likeness (QED) is 0.231. The zero-order valence-electron chi connectivity index (χ0n) is 22.3. The second-order valence-electron chi connectivity index (χ2n) is 10.1. The van der Waals surface area contributed by atoms with Gasteiger partial charge in [0.2, 0.25) is 0 Å². The van der Waals surface area contributed by atoms with Crippen molar-refractivity contribution in [3.05, 3.63) is 84.4 Å². The second kappa shape index (κ2) is 11.2. The summed E-state index contributed by atoms with van der Waals surface area (Å²) in [6.45, 7) is 7.97. The maximum absolute atomic E-state index is 13.9. The molecule has 0 aliphatic carbocycles. The van der Waals surface area contributed by atoms with Crippen LogP contribution in [0.4, 0.5) is 8.78 Å². The van der Waals surface area contributed by atoms with Crippen LogP contribution in [0, 0.1) is 0 Å². The van der Waals surface area contributed by atoms with E-state index in [9.17, 15) is 17.2 Å². The van der Waals surface area contributed by atoms with Crippen molar-refractivity contribution in [2.45, 2.75) is 71.4 Å². The fraction of sp³-hybridized carbons (Fsp3) is 0.379. The first kappa shape index (κ1) is 29.5. The van der Waals surface area contributed by atoms with Crippen LogP contribution in [0.3, 0.4) is 0 Å². The zero-order chi connectivity index (χ0) is 28.5. The molecule has 1 N–H and O–H groups in total. The number of hydrogen-bond donors (Lipinski definition) is 1. The molecule has 0 aromatic heterocycles. The predicted molar refractivity (Wildman–Crippen MR) is 146 cm³/mol. The molecule has 1 aliphatic rings.